The van der Waals surface area contributed by atoms with Crippen molar-refractivity contribution >= 4 is 39.5 Å². The maximum Gasteiger partial charge on any atom is 0.472 e. The second-order valence-electron chi connectivity index (χ2n) is 25.8. The topological polar surface area (TPSA) is 237 Å². The molecular formula is C89H140O17P2. The molecule has 0 aromatic rings. The van der Waals surface area contributed by atoms with Gasteiger partial charge in [0.25, 0.3) is 0 Å². The van der Waals surface area contributed by atoms with Crippen LogP contribution >= 0.6 is 15.6 Å². The first kappa shape index (κ1) is 102. The van der Waals surface area contributed by atoms with Gasteiger partial charge in [0.15, 0.2) is 12.2 Å². The molecule has 0 aliphatic rings. The number of phosphoric ester groups is 2. The molecule has 0 saturated carbocycles. The molecule has 0 heterocycles. The minimum atomic E-state index is -5.01. The molecule has 17 nitrogen and oxygen atoms in total. The summed E-state index contributed by atoms with van der Waals surface area (Å²) in [6.07, 6.45) is 98.2. The molecular weight excluding hydrogens is 1400 g/mol. The number of unbranched alkanes of at least 4 members (excludes halogenated alkanes) is 13. The van der Waals surface area contributed by atoms with E-state index in [9.17, 15) is 43.2 Å². The first-order chi connectivity index (χ1) is 52.7. The molecule has 0 radical (unpaired) electrons. The van der Waals surface area contributed by atoms with E-state index in [2.05, 4.69) is 216 Å². The number of aliphatic hydroxyl groups is 1. The number of aliphatic hydroxyl groups excluding tert-OH is 1. The third-order valence-electron chi connectivity index (χ3n) is 15.7. The number of allylic oxidation sites excluding steroid dienone is 34. The second-order valence-corrected chi connectivity index (χ2v) is 28.7. The van der Waals surface area contributed by atoms with Crippen molar-refractivity contribution in [3.8, 4) is 0 Å². The summed E-state index contributed by atoms with van der Waals surface area (Å²) >= 11 is 0. The Kier molecular flexibility index (Phi) is 74.1. The first-order valence-electron chi connectivity index (χ1n) is 40.3. The van der Waals surface area contributed by atoms with Crippen LogP contribution in [0.15, 0.2) is 207 Å². The maximum absolute atomic E-state index is 13.1. The minimum Gasteiger partial charge on any atom is -0.462 e. The normalized spacial score (nSPS) is 14.9. The van der Waals surface area contributed by atoms with Crippen LogP contribution in [-0.4, -0.2) is 96.7 Å². The number of carbonyl (C=O) groups excluding carboxylic acids is 4. The van der Waals surface area contributed by atoms with Crippen LogP contribution in [0.3, 0.4) is 0 Å². The molecule has 0 aliphatic heterocycles. The number of esters is 4. The van der Waals surface area contributed by atoms with E-state index in [4.69, 9.17) is 37.0 Å². The van der Waals surface area contributed by atoms with E-state index in [1.54, 1.807) is 0 Å². The van der Waals surface area contributed by atoms with Gasteiger partial charge in [-0.3, -0.25) is 37.3 Å². The van der Waals surface area contributed by atoms with Crippen molar-refractivity contribution in [2.75, 3.05) is 39.6 Å². The Balaban J connectivity index is 5.51. The Morgan fingerprint density at radius 2 is 0.472 bits per heavy atom. The quantitative estimate of drug-likeness (QED) is 0.0169. The van der Waals surface area contributed by atoms with Crippen molar-refractivity contribution in [2.24, 2.45) is 0 Å². The van der Waals surface area contributed by atoms with Crippen molar-refractivity contribution in [1.82, 2.24) is 0 Å². The van der Waals surface area contributed by atoms with Gasteiger partial charge >= 0.3 is 39.5 Å². The molecule has 0 aromatic heterocycles. The van der Waals surface area contributed by atoms with E-state index in [0.29, 0.717) is 32.1 Å². The Morgan fingerprint density at radius 1 is 0.259 bits per heavy atom. The molecule has 108 heavy (non-hydrogen) atoms. The van der Waals surface area contributed by atoms with Crippen molar-refractivity contribution in [1.29, 1.82) is 0 Å². The number of hydrogen-bond acceptors (Lipinski definition) is 15. The smallest absolute Gasteiger partial charge is 0.462 e. The van der Waals surface area contributed by atoms with Gasteiger partial charge < -0.3 is 33.8 Å². The summed E-state index contributed by atoms with van der Waals surface area (Å²) in [6.45, 7) is 4.23. The van der Waals surface area contributed by atoms with Gasteiger partial charge in [-0.05, 0) is 173 Å². The van der Waals surface area contributed by atoms with Gasteiger partial charge in [0, 0.05) is 25.7 Å². The van der Waals surface area contributed by atoms with Crippen LogP contribution in [0.5, 0.6) is 0 Å². The van der Waals surface area contributed by atoms with Crippen molar-refractivity contribution in [3.63, 3.8) is 0 Å². The van der Waals surface area contributed by atoms with Gasteiger partial charge in [0.05, 0.1) is 26.4 Å². The van der Waals surface area contributed by atoms with E-state index < -0.39 is 97.5 Å². The lowest BCUT2D eigenvalue weighted by Gasteiger charge is -2.21. The van der Waals surface area contributed by atoms with Crippen molar-refractivity contribution in [2.45, 2.75) is 290 Å². The van der Waals surface area contributed by atoms with Crippen molar-refractivity contribution in [3.05, 3.63) is 207 Å². The van der Waals surface area contributed by atoms with Crippen molar-refractivity contribution < 1.29 is 80.2 Å². The predicted molar refractivity (Wildman–Crippen MR) is 445 cm³/mol. The lowest BCUT2D eigenvalue weighted by atomic mass is 10.1. The van der Waals surface area contributed by atoms with Crippen LogP contribution in [-0.2, 0) is 65.4 Å². The molecule has 5 unspecified atom stereocenters. The first-order valence-corrected chi connectivity index (χ1v) is 43.3. The highest BCUT2D eigenvalue weighted by Crippen LogP contribution is 2.45. The Hall–Kier alpha value is -6.36. The largest absolute Gasteiger partial charge is 0.472 e. The van der Waals surface area contributed by atoms with E-state index >= 15 is 0 Å². The minimum absolute atomic E-state index is 0.0231. The van der Waals surface area contributed by atoms with Crippen LogP contribution < -0.4 is 0 Å². The van der Waals surface area contributed by atoms with Crippen LogP contribution in [0.2, 0.25) is 0 Å². The number of rotatable bonds is 73. The highest BCUT2D eigenvalue weighted by molar-refractivity contribution is 7.47. The van der Waals surface area contributed by atoms with Gasteiger partial charge in [-0.25, -0.2) is 9.13 Å². The van der Waals surface area contributed by atoms with Gasteiger partial charge in [0.1, 0.15) is 19.3 Å². The number of hydrogen-bond donors (Lipinski definition) is 3. The van der Waals surface area contributed by atoms with Crippen LogP contribution in [0, 0.1) is 0 Å². The van der Waals surface area contributed by atoms with Crippen LogP contribution in [0.4, 0.5) is 0 Å². The van der Waals surface area contributed by atoms with E-state index in [1.165, 1.54) is 0 Å². The molecule has 0 spiro atoms. The molecule has 0 saturated heterocycles. The molecule has 0 rings (SSSR count). The maximum atomic E-state index is 13.1. The monoisotopic (exact) mass is 1540 g/mol. The average molecular weight is 1540 g/mol. The molecule has 0 aromatic carbocycles. The molecule has 3 N–H and O–H groups in total. The zero-order valence-electron chi connectivity index (χ0n) is 66.4. The summed E-state index contributed by atoms with van der Waals surface area (Å²) in [7, 11) is -10.0. The van der Waals surface area contributed by atoms with Crippen LogP contribution in [0.25, 0.3) is 0 Å². The fourth-order valence-corrected chi connectivity index (χ4v) is 11.3. The number of phosphoric acid groups is 2. The second kappa shape index (κ2) is 78.8. The molecule has 0 aliphatic carbocycles. The lowest BCUT2D eigenvalue weighted by molar-refractivity contribution is -0.161. The van der Waals surface area contributed by atoms with Gasteiger partial charge in [-0.2, -0.15) is 0 Å². The Labute approximate surface area is 652 Å². The van der Waals surface area contributed by atoms with Gasteiger partial charge in [-0.15, -0.1) is 0 Å². The van der Waals surface area contributed by atoms with Crippen LogP contribution in [0.1, 0.15) is 272 Å². The number of carbonyl (C=O) groups is 4. The Bertz CT molecular complexity index is 2860. The highest BCUT2D eigenvalue weighted by atomic mass is 31.2. The summed E-state index contributed by atoms with van der Waals surface area (Å²) in [4.78, 5) is 73.1. The van der Waals surface area contributed by atoms with Gasteiger partial charge in [0.2, 0.25) is 0 Å². The SMILES string of the molecule is CC/C=C\C/C=C\C/C=C\C/C=C\C/C=C\C/C=C\CCC(=O)OCC(COP(=O)(O)OCC(O)COP(=O)(O)OCC(COC(=O)CCCCC/C=C\C/C=C\C/C=C\C/C=C\C/C=C\CC)OC(=O)CCCCCCC/C=C\C/C=C\C/C=C\CC)OC(=O)CCCCCCC/C=C\C/C=C\C/C=C\CC. The summed E-state index contributed by atoms with van der Waals surface area (Å²) in [5, 5.41) is 10.7. The third-order valence-corrected chi connectivity index (χ3v) is 17.6. The molecule has 608 valence electrons. The predicted octanol–water partition coefficient (Wildman–Crippen LogP) is 23.9. The van der Waals surface area contributed by atoms with Gasteiger partial charge in [-0.1, -0.05) is 279 Å². The number of ether oxygens (including phenoxy) is 4. The molecule has 19 heteroatoms. The molecule has 0 fully saturated rings. The third kappa shape index (κ3) is 77.8. The zero-order chi connectivity index (χ0) is 78.9. The summed E-state index contributed by atoms with van der Waals surface area (Å²) in [5.41, 5.74) is 0. The average Bonchev–Trinajstić information content (AvgIpc) is 0.923. The Morgan fingerprint density at radius 3 is 0.759 bits per heavy atom. The summed E-state index contributed by atoms with van der Waals surface area (Å²) < 4.78 is 68.5. The van der Waals surface area contributed by atoms with E-state index in [0.717, 1.165) is 186 Å². The molecule has 0 bridgehead atoms. The fraction of sp³-hybridized carbons (Fsp3) is 0.573. The molecule has 0 amide bonds. The fourth-order valence-electron chi connectivity index (χ4n) is 9.77. The van der Waals surface area contributed by atoms with E-state index in [-0.39, 0.29) is 25.7 Å². The zero-order valence-corrected chi connectivity index (χ0v) is 68.2. The highest BCUT2D eigenvalue weighted by Gasteiger charge is 2.30. The summed E-state index contributed by atoms with van der Waals surface area (Å²) in [6, 6.07) is 0. The summed E-state index contributed by atoms with van der Waals surface area (Å²) in [5.74, 6) is -2.37. The van der Waals surface area contributed by atoms with E-state index in [1.807, 2.05) is 18.2 Å². The standard InChI is InChI=1S/C89H140O17P2/c1-5-9-13-17-21-25-29-33-37-39-41-43-47-49-53-57-61-65-69-73-86(91)99-79-84(105-88(93)75-71-67-63-59-55-51-45-35-31-27-23-19-15-11-7-3)81-103-107(95,96)101-77-83(90)78-102-108(97,98)104-82-85(106-89(94)76-72-68-64-60-56-52-46-36-32-28-24-20-16-12-8-4)80-100-87(92)74-70-66-62-58-54-50-48-44-42-40-38-34-30-26-22-18-14-10-6-2/h9-16,21-28,33-38,41-46,49-50,53-54,61,65,83-85,90H,5-8,17-20,29-32,39-40,47-48,51-52,55-60,62-64,66-82H2,1-4H3,(H,95,96)(H,97,98)/b13-9-,14-10-,15-11-,16-12-,25-21-,26-22-,27-23-,28-24-,37-33-,38-34-,43-41-,44-42-,45-35-,46-36-,53-49-,54-50-,65-61-. The molecule has 5 atom stereocenters. The lowest BCUT2D eigenvalue weighted by Crippen LogP contribution is -2.30.